The summed E-state index contributed by atoms with van der Waals surface area (Å²) in [6.07, 6.45) is 4.24. The second-order valence-electron chi connectivity index (χ2n) is 6.90. The van der Waals surface area contributed by atoms with Gasteiger partial charge in [-0.1, -0.05) is 24.3 Å². The second kappa shape index (κ2) is 7.16. The highest BCUT2D eigenvalue weighted by molar-refractivity contribution is 7.98. The number of rotatable bonds is 4. The van der Waals surface area contributed by atoms with E-state index in [0.717, 1.165) is 23.4 Å². The predicted octanol–water partition coefficient (Wildman–Crippen LogP) is 3.57. The van der Waals surface area contributed by atoms with Crippen LogP contribution in [-0.2, 0) is 16.0 Å². The van der Waals surface area contributed by atoms with Gasteiger partial charge in [0.2, 0.25) is 11.8 Å². The van der Waals surface area contributed by atoms with Crippen LogP contribution in [0.3, 0.4) is 0 Å². The summed E-state index contributed by atoms with van der Waals surface area (Å²) in [7, 11) is 0. The standard InChI is InChI=1S/C21H22N2O2S/c1-26-17-9-7-16(8-10-17)23-13-15(12-20(23)24)21(25)22-19-11-6-14-4-2-3-5-18(14)19/h2-5,7-10,15,19H,6,11-13H2,1H3,(H,22,25). The van der Waals surface area contributed by atoms with Gasteiger partial charge in [0.05, 0.1) is 12.0 Å². The van der Waals surface area contributed by atoms with Crippen molar-refractivity contribution >= 4 is 29.3 Å². The molecule has 0 bridgehead atoms. The molecule has 2 aliphatic rings. The number of hydrogen-bond acceptors (Lipinski definition) is 3. The minimum Gasteiger partial charge on any atom is -0.349 e. The molecule has 2 aromatic carbocycles. The largest absolute Gasteiger partial charge is 0.349 e. The first-order valence-electron chi connectivity index (χ1n) is 8.98. The number of anilines is 1. The van der Waals surface area contributed by atoms with Crippen molar-refractivity contribution in [3.05, 3.63) is 59.7 Å². The van der Waals surface area contributed by atoms with Crippen molar-refractivity contribution < 1.29 is 9.59 Å². The Kier molecular flexibility index (Phi) is 4.72. The first-order chi connectivity index (χ1) is 12.7. The lowest BCUT2D eigenvalue weighted by Gasteiger charge is -2.19. The van der Waals surface area contributed by atoms with E-state index in [2.05, 4.69) is 17.4 Å². The fourth-order valence-electron chi connectivity index (χ4n) is 3.89. The first kappa shape index (κ1) is 17.2. The van der Waals surface area contributed by atoms with Gasteiger partial charge in [-0.25, -0.2) is 0 Å². The van der Waals surface area contributed by atoms with Crippen LogP contribution >= 0.6 is 11.8 Å². The van der Waals surface area contributed by atoms with Gasteiger partial charge in [-0.2, -0.15) is 0 Å². The second-order valence-corrected chi connectivity index (χ2v) is 7.78. The van der Waals surface area contributed by atoms with Crippen LogP contribution in [-0.4, -0.2) is 24.6 Å². The molecule has 1 aliphatic heterocycles. The molecule has 4 rings (SSSR count). The van der Waals surface area contributed by atoms with E-state index in [1.807, 2.05) is 42.7 Å². The number of nitrogens with one attached hydrogen (secondary N) is 1. The van der Waals surface area contributed by atoms with Gasteiger partial charge in [-0.3, -0.25) is 9.59 Å². The summed E-state index contributed by atoms with van der Waals surface area (Å²) in [6, 6.07) is 16.3. The van der Waals surface area contributed by atoms with Crippen molar-refractivity contribution in [1.82, 2.24) is 5.32 Å². The molecule has 2 amide bonds. The molecule has 0 spiro atoms. The van der Waals surface area contributed by atoms with Gasteiger partial charge in [-0.05, 0) is 54.5 Å². The minimum atomic E-state index is -0.282. The topological polar surface area (TPSA) is 49.4 Å². The molecule has 4 nitrogen and oxygen atoms in total. The van der Waals surface area contributed by atoms with Crippen LogP contribution in [0.5, 0.6) is 0 Å². The summed E-state index contributed by atoms with van der Waals surface area (Å²) in [5.74, 6) is -0.271. The lowest BCUT2D eigenvalue weighted by Crippen LogP contribution is -2.34. The third-order valence-corrected chi connectivity index (χ3v) is 6.07. The highest BCUT2D eigenvalue weighted by atomic mass is 32.2. The fraction of sp³-hybridized carbons (Fsp3) is 0.333. The van der Waals surface area contributed by atoms with Crippen LogP contribution in [0.15, 0.2) is 53.4 Å². The zero-order valence-corrected chi connectivity index (χ0v) is 15.6. The zero-order chi connectivity index (χ0) is 18.1. The normalized spacial score (nSPS) is 21.7. The number of amides is 2. The number of hydrogen-bond donors (Lipinski definition) is 1. The molecule has 1 saturated heterocycles. The van der Waals surface area contributed by atoms with Crippen molar-refractivity contribution in [3.63, 3.8) is 0 Å². The van der Waals surface area contributed by atoms with Crippen molar-refractivity contribution in [2.24, 2.45) is 5.92 Å². The zero-order valence-electron chi connectivity index (χ0n) is 14.8. The summed E-state index contributed by atoms with van der Waals surface area (Å²) in [5.41, 5.74) is 3.40. The number of carbonyl (C=O) groups excluding carboxylic acids is 2. The third-order valence-electron chi connectivity index (χ3n) is 5.33. The molecule has 134 valence electrons. The highest BCUT2D eigenvalue weighted by Gasteiger charge is 2.36. The quantitative estimate of drug-likeness (QED) is 0.842. The molecular formula is C21H22N2O2S. The minimum absolute atomic E-state index is 0.0108. The van der Waals surface area contributed by atoms with E-state index in [9.17, 15) is 9.59 Å². The summed E-state index contributed by atoms with van der Waals surface area (Å²) in [5, 5.41) is 3.17. The van der Waals surface area contributed by atoms with E-state index >= 15 is 0 Å². The van der Waals surface area contributed by atoms with E-state index in [1.54, 1.807) is 16.7 Å². The number of fused-ring (bicyclic) bond motifs is 1. The molecule has 1 heterocycles. The maximum absolute atomic E-state index is 12.7. The van der Waals surface area contributed by atoms with Crippen LogP contribution in [0, 0.1) is 5.92 Å². The van der Waals surface area contributed by atoms with Gasteiger partial charge in [0.1, 0.15) is 0 Å². The van der Waals surface area contributed by atoms with Crippen molar-refractivity contribution in [2.45, 2.75) is 30.2 Å². The van der Waals surface area contributed by atoms with Crippen LogP contribution in [0.25, 0.3) is 0 Å². The van der Waals surface area contributed by atoms with Crippen molar-refractivity contribution in [1.29, 1.82) is 0 Å². The van der Waals surface area contributed by atoms with Crippen molar-refractivity contribution in [3.8, 4) is 0 Å². The Morgan fingerprint density at radius 3 is 2.69 bits per heavy atom. The Hall–Kier alpha value is -2.27. The smallest absolute Gasteiger partial charge is 0.227 e. The molecule has 2 aromatic rings. The Morgan fingerprint density at radius 2 is 1.92 bits per heavy atom. The van der Waals surface area contributed by atoms with Crippen LogP contribution < -0.4 is 10.2 Å². The molecule has 0 saturated carbocycles. The average molecular weight is 366 g/mol. The monoisotopic (exact) mass is 366 g/mol. The number of benzene rings is 2. The van der Waals surface area contributed by atoms with E-state index in [0.29, 0.717) is 6.54 Å². The fourth-order valence-corrected chi connectivity index (χ4v) is 4.30. The number of nitrogens with zero attached hydrogens (tertiary/aromatic N) is 1. The van der Waals surface area contributed by atoms with E-state index in [4.69, 9.17) is 0 Å². The molecule has 1 aliphatic carbocycles. The van der Waals surface area contributed by atoms with Crippen molar-refractivity contribution in [2.75, 3.05) is 17.7 Å². The Labute approximate surface area is 158 Å². The summed E-state index contributed by atoms with van der Waals surface area (Å²) < 4.78 is 0. The average Bonchev–Trinajstić information content (AvgIpc) is 3.26. The summed E-state index contributed by atoms with van der Waals surface area (Å²) >= 11 is 1.67. The molecule has 1 N–H and O–H groups in total. The number of carbonyl (C=O) groups is 2. The van der Waals surface area contributed by atoms with Crippen LogP contribution in [0.2, 0.25) is 0 Å². The van der Waals surface area contributed by atoms with Gasteiger partial charge in [0, 0.05) is 23.5 Å². The van der Waals surface area contributed by atoms with Gasteiger partial charge >= 0.3 is 0 Å². The molecule has 1 fully saturated rings. The highest BCUT2D eigenvalue weighted by Crippen LogP contribution is 2.32. The number of aryl methyl sites for hydroxylation is 1. The SMILES string of the molecule is CSc1ccc(N2CC(C(=O)NC3CCc4ccccc43)CC2=O)cc1. The van der Waals surface area contributed by atoms with Crippen LogP contribution in [0.4, 0.5) is 5.69 Å². The van der Waals surface area contributed by atoms with Crippen LogP contribution in [0.1, 0.15) is 30.0 Å². The molecule has 2 unspecified atom stereocenters. The molecule has 26 heavy (non-hydrogen) atoms. The van der Waals surface area contributed by atoms with Gasteiger partial charge < -0.3 is 10.2 Å². The summed E-state index contributed by atoms with van der Waals surface area (Å²) in [4.78, 5) is 28.1. The molecule has 0 aromatic heterocycles. The Bertz CT molecular complexity index is 834. The van der Waals surface area contributed by atoms with Gasteiger partial charge in [0.15, 0.2) is 0 Å². The molecular weight excluding hydrogens is 344 g/mol. The lowest BCUT2D eigenvalue weighted by atomic mass is 10.1. The Morgan fingerprint density at radius 1 is 1.15 bits per heavy atom. The maximum atomic E-state index is 12.7. The number of thioether (sulfide) groups is 1. The first-order valence-corrected chi connectivity index (χ1v) is 10.2. The van der Waals surface area contributed by atoms with E-state index < -0.39 is 0 Å². The van der Waals surface area contributed by atoms with E-state index in [1.165, 1.54) is 11.1 Å². The third kappa shape index (κ3) is 3.23. The lowest BCUT2D eigenvalue weighted by molar-refractivity contribution is -0.127. The van der Waals surface area contributed by atoms with E-state index in [-0.39, 0.29) is 30.2 Å². The van der Waals surface area contributed by atoms with Gasteiger partial charge in [0.25, 0.3) is 0 Å². The molecule has 0 radical (unpaired) electrons. The Balaban J connectivity index is 1.42. The maximum Gasteiger partial charge on any atom is 0.227 e. The predicted molar refractivity (Wildman–Crippen MR) is 104 cm³/mol. The molecule has 5 heteroatoms. The van der Waals surface area contributed by atoms with Gasteiger partial charge in [-0.15, -0.1) is 11.8 Å². The summed E-state index contributed by atoms with van der Waals surface area (Å²) in [6.45, 7) is 0.456. The molecule has 2 atom stereocenters.